The van der Waals surface area contributed by atoms with E-state index in [1.54, 1.807) is 0 Å². The van der Waals surface area contributed by atoms with Crippen LogP contribution in [0.25, 0.3) is 6.08 Å². The van der Waals surface area contributed by atoms with Gasteiger partial charge in [-0.15, -0.1) is 0 Å². The summed E-state index contributed by atoms with van der Waals surface area (Å²) < 4.78 is 14.0. The molecular weight excluding hydrogens is 676 g/mol. The summed E-state index contributed by atoms with van der Waals surface area (Å²) in [6, 6.07) is 6.62. The summed E-state index contributed by atoms with van der Waals surface area (Å²) in [5.74, 6) is 1.64. The Morgan fingerprint density at radius 2 is 1.74 bits per heavy atom. The van der Waals surface area contributed by atoms with E-state index < -0.39 is 5.60 Å². The number of carbonyl (C=O) groups excluding carboxylic acids is 1. The van der Waals surface area contributed by atoms with Crippen LogP contribution < -0.4 is 19.9 Å². The van der Waals surface area contributed by atoms with Crippen LogP contribution in [0, 0.1) is 0 Å². The Morgan fingerprint density at radius 1 is 0.957 bits per heavy atom. The highest BCUT2D eigenvalue weighted by Gasteiger charge is 2.54. The first kappa shape index (κ1) is 31.6. The van der Waals surface area contributed by atoms with Crippen molar-refractivity contribution in [3.63, 3.8) is 0 Å². The quantitative estimate of drug-likeness (QED) is 0.216. The maximum Gasteiger partial charge on any atom is 0.220 e. The summed E-state index contributed by atoms with van der Waals surface area (Å²) in [4.78, 5) is 17.4. The first-order chi connectivity index (χ1) is 22.5. The van der Waals surface area contributed by atoms with Crippen LogP contribution in [0.1, 0.15) is 85.4 Å². The van der Waals surface area contributed by atoms with Crippen LogP contribution >= 0.6 is 46.4 Å². The largest absolute Gasteiger partial charge is 0.456 e. The predicted octanol–water partition coefficient (Wildman–Crippen LogP) is 9.45. The molecule has 10 heteroatoms. The van der Waals surface area contributed by atoms with Crippen molar-refractivity contribution in [3.05, 3.63) is 83.3 Å². The highest BCUT2D eigenvalue weighted by atomic mass is 35.5. The Kier molecular flexibility index (Phi) is 7.73. The summed E-state index contributed by atoms with van der Waals surface area (Å²) in [6.07, 6.45) is 9.52. The summed E-state index contributed by atoms with van der Waals surface area (Å²) in [5, 5.41) is 4.26. The van der Waals surface area contributed by atoms with E-state index in [1.165, 1.54) is 16.8 Å². The number of benzene rings is 3. The van der Waals surface area contributed by atoms with E-state index in [0.717, 1.165) is 103 Å². The number of amides is 1. The fourth-order valence-corrected chi connectivity index (χ4v) is 9.28. The Labute approximate surface area is 295 Å². The number of nitrogens with zero attached hydrogens (tertiary/aromatic N) is 2. The Balaban J connectivity index is 1.29. The van der Waals surface area contributed by atoms with E-state index >= 15 is 0 Å². The molecule has 1 amide bonds. The fraction of sp³-hybridized carbons (Fsp3) is 0.432. The molecule has 5 aliphatic rings. The maximum atomic E-state index is 12.6. The van der Waals surface area contributed by atoms with Crippen LogP contribution in [-0.2, 0) is 34.6 Å². The zero-order valence-corrected chi connectivity index (χ0v) is 29.8. The maximum absolute atomic E-state index is 12.6. The molecule has 8 rings (SSSR count). The average molecular weight is 714 g/mol. The number of anilines is 2. The molecule has 0 radical (unpaired) electrons. The molecule has 1 atom stereocenters. The van der Waals surface area contributed by atoms with Crippen LogP contribution in [0.15, 0.2) is 24.3 Å². The normalized spacial score (nSPS) is 20.3. The molecule has 5 heterocycles. The third-order valence-corrected chi connectivity index (χ3v) is 11.9. The van der Waals surface area contributed by atoms with Gasteiger partial charge < -0.3 is 24.6 Å². The molecule has 47 heavy (non-hydrogen) atoms. The van der Waals surface area contributed by atoms with Gasteiger partial charge in [-0.2, -0.15) is 0 Å². The fourth-order valence-electron chi connectivity index (χ4n) is 8.20. The topological polar surface area (TPSA) is 54.0 Å². The van der Waals surface area contributed by atoms with Gasteiger partial charge in [0.25, 0.3) is 0 Å². The SMILES string of the molecule is CC(C)(C)NC(=O)CCCN1CCCc2cc3c(cc21)Oc1c(cc2c4c1CCCN4CC=C2)C31OCc2c(Cl)c(Cl)c(Cl)c(Cl)c21. The molecule has 0 aliphatic carbocycles. The van der Waals surface area contributed by atoms with E-state index in [-0.39, 0.29) is 28.1 Å². The minimum Gasteiger partial charge on any atom is -0.456 e. The van der Waals surface area contributed by atoms with Gasteiger partial charge in [0.2, 0.25) is 5.91 Å². The van der Waals surface area contributed by atoms with Gasteiger partial charge in [0.1, 0.15) is 11.5 Å². The molecule has 246 valence electrons. The highest BCUT2D eigenvalue weighted by molar-refractivity contribution is 6.52. The Morgan fingerprint density at radius 3 is 2.55 bits per heavy atom. The third-order valence-electron chi connectivity index (χ3n) is 10.0. The van der Waals surface area contributed by atoms with Crippen molar-refractivity contribution in [2.24, 2.45) is 0 Å². The molecule has 0 saturated carbocycles. The molecule has 3 aromatic carbocycles. The van der Waals surface area contributed by atoms with Crippen molar-refractivity contribution in [1.29, 1.82) is 0 Å². The van der Waals surface area contributed by atoms with Crippen molar-refractivity contribution in [1.82, 2.24) is 5.32 Å². The number of hydrogen-bond donors (Lipinski definition) is 1. The van der Waals surface area contributed by atoms with Gasteiger partial charge in [-0.05, 0) is 76.1 Å². The zero-order chi connectivity index (χ0) is 32.8. The highest BCUT2D eigenvalue weighted by Crippen LogP contribution is 2.63. The average Bonchev–Trinajstić information content (AvgIpc) is 3.43. The third kappa shape index (κ3) is 4.96. The van der Waals surface area contributed by atoms with Gasteiger partial charge in [-0.1, -0.05) is 58.6 Å². The van der Waals surface area contributed by atoms with Crippen LogP contribution in [0.3, 0.4) is 0 Å². The molecule has 0 bridgehead atoms. The molecule has 1 spiro atoms. The molecular formula is C37H37Cl4N3O3. The van der Waals surface area contributed by atoms with Crippen LogP contribution in [-0.4, -0.2) is 37.6 Å². The molecule has 0 fully saturated rings. The second kappa shape index (κ2) is 11.5. The van der Waals surface area contributed by atoms with E-state index in [1.807, 2.05) is 20.8 Å². The number of nitrogens with one attached hydrogen (secondary N) is 1. The van der Waals surface area contributed by atoms with Crippen LogP contribution in [0.5, 0.6) is 11.5 Å². The van der Waals surface area contributed by atoms with Gasteiger partial charge in [0.05, 0.1) is 32.4 Å². The van der Waals surface area contributed by atoms with E-state index in [4.69, 9.17) is 55.9 Å². The van der Waals surface area contributed by atoms with Gasteiger partial charge >= 0.3 is 0 Å². The van der Waals surface area contributed by atoms with Crippen LogP contribution in [0.2, 0.25) is 20.1 Å². The molecule has 1 N–H and O–H groups in total. The second-order valence-electron chi connectivity index (χ2n) is 14.3. The van der Waals surface area contributed by atoms with Crippen molar-refractivity contribution >= 4 is 69.8 Å². The molecule has 0 aromatic heterocycles. The molecule has 3 aromatic rings. The lowest BCUT2D eigenvalue weighted by Gasteiger charge is -2.43. The second-order valence-corrected chi connectivity index (χ2v) is 15.8. The number of ether oxygens (including phenoxy) is 2. The number of rotatable bonds is 4. The number of aryl methyl sites for hydroxylation is 1. The van der Waals surface area contributed by atoms with Crippen molar-refractivity contribution < 1.29 is 14.3 Å². The molecule has 5 aliphatic heterocycles. The lowest BCUT2D eigenvalue weighted by atomic mass is 9.74. The lowest BCUT2D eigenvalue weighted by Crippen LogP contribution is -2.41. The number of carbonyl (C=O) groups is 1. The minimum absolute atomic E-state index is 0.0783. The first-order valence-corrected chi connectivity index (χ1v) is 18.0. The Bertz CT molecular complexity index is 1880. The van der Waals surface area contributed by atoms with Crippen molar-refractivity contribution in [3.8, 4) is 11.5 Å². The molecule has 1 unspecified atom stereocenters. The monoisotopic (exact) mass is 711 g/mol. The van der Waals surface area contributed by atoms with Crippen molar-refractivity contribution in [2.45, 2.75) is 77.0 Å². The zero-order valence-electron chi connectivity index (χ0n) is 26.8. The van der Waals surface area contributed by atoms with E-state index in [0.29, 0.717) is 16.5 Å². The van der Waals surface area contributed by atoms with Gasteiger partial charge in [0.15, 0.2) is 5.60 Å². The van der Waals surface area contributed by atoms with Gasteiger partial charge in [-0.3, -0.25) is 4.79 Å². The standard InChI is InChI=1S/C37H37Cl4N3O3/c1-36(2,3)42-28(45)11-7-13-43-12-4-8-20-16-24-27(18-26(20)43)47-35-22-10-6-15-44-14-5-9-21(34(22)44)17-25(35)37(24)29-23(19-46-37)30(38)32(40)33(41)31(29)39/h5,9,16-18H,4,6-8,10-15,19H2,1-3H3,(H,42,45). The van der Waals surface area contributed by atoms with Gasteiger partial charge in [-0.25, -0.2) is 0 Å². The molecule has 0 saturated heterocycles. The van der Waals surface area contributed by atoms with Crippen LogP contribution in [0.4, 0.5) is 11.4 Å². The summed E-state index contributed by atoms with van der Waals surface area (Å²) in [6.45, 7) is 9.85. The summed E-state index contributed by atoms with van der Waals surface area (Å²) in [7, 11) is 0. The number of halogens is 4. The number of fused-ring (bicyclic) bond motifs is 8. The lowest BCUT2D eigenvalue weighted by molar-refractivity contribution is -0.122. The summed E-state index contributed by atoms with van der Waals surface area (Å²) in [5.41, 5.74) is 7.89. The van der Waals surface area contributed by atoms with Crippen molar-refractivity contribution in [2.75, 3.05) is 36.0 Å². The molecule has 6 nitrogen and oxygen atoms in total. The smallest absolute Gasteiger partial charge is 0.220 e. The Hall–Kier alpha value is -2.61. The first-order valence-electron chi connectivity index (χ1n) is 16.5. The minimum atomic E-state index is -1.09. The predicted molar refractivity (Wildman–Crippen MR) is 191 cm³/mol. The van der Waals surface area contributed by atoms with Gasteiger partial charge in [0, 0.05) is 77.7 Å². The van der Waals surface area contributed by atoms with E-state index in [9.17, 15) is 4.79 Å². The van der Waals surface area contributed by atoms with E-state index in [2.05, 4.69) is 45.5 Å². The number of hydrogen-bond acceptors (Lipinski definition) is 5. The summed E-state index contributed by atoms with van der Waals surface area (Å²) >= 11 is 27.4.